The average Bonchev–Trinajstić information content (AvgIpc) is 3.13. The third-order valence-electron chi connectivity index (χ3n) is 5.80. The molecule has 2 heterocycles. The van der Waals surface area contributed by atoms with Crippen molar-refractivity contribution in [2.45, 2.75) is 38.6 Å². The van der Waals surface area contributed by atoms with Gasteiger partial charge in [0.05, 0.1) is 17.3 Å². The zero-order chi connectivity index (χ0) is 24.6. The van der Waals surface area contributed by atoms with Crippen LogP contribution in [-0.4, -0.2) is 23.1 Å². The zero-order valence-electron chi connectivity index (χ0n) is 19.1. The van der Waals surface area contributed by atoms with E-state index in [0.717, 1.165) is 33.2 Å². The van der Waals surface area contributed by atoms with Crippen molar-refractivity contribution >= 4 is 26.7 Å². The summed E-state index contributed by atoms with van der Waals surface area (Å²) in [5.74, 6) is 0.0636. The Balaban J connectivity index is 1.79. The number of aromatic nitrogens is 2. The van der Waals surface area contributed by atoms with Gasteiger partial charge in [-0.1, -0.05) is 17.7 Å². The van der Waals surface area contributed by atoms with E-state index in [4.69, 9.17) is 5.73 Å². The van der Waals surface area contributed by atoms with Crippen LogP contribution in [0.4, 0.5) is 5.82 Å². The van der Waals surface area contributed by atoms with Crippen LogP contribution in [0.2, 0.25) is 0 Å². The van der Waals surface area contributed by atoms with Crippen LogP contribution in [0.25, 0.3) is 10.9 Å². The quantitative estimate of drug-likeness (QED) is 0.366. The highest BCUT2D eigenvalue weighted by Gasteiger charge is 2.25. The van der Waals surface area contributed by atoms with Gasteiger partial charge in [0.2, 0.25) is 0 Å². The third kappa shape index (κ3) is 4.52. The summed E-state index contributed by atoms with van der Waals surface area (Å²) in [6, 6.07) is 17.8. The molecular weight excluding hydrogens is 450 g/mol. The van der Waals surface area contributed by atoms with Crippen LogP contribution in [0, 0.1) is 32.1 Å². The minimum atomic E-state index is -4.13. The van der Waals surface area contributed by atoms with Gasteiger partial charge in [-0.2, -0.15) is 9.98 Å². The van der Waals surface area contributed by atoms with Gasteiger partial charge in [0.15, 0.2) is 11.3 Å². The number of sulfonamides is 1. The molecule has 4 rings (SSSR count). The Hall–Kier alpha value is -3.71. The van der Waals surface area contributed by atoms with E-state index in [1.807, 2.05) is 55.7 Å². The number of nitrogens with two attached hydrogens (primary N) is 1. The van der Waals surface area contributed by atoms with Crippen molar-refractivity contribution in [3.05, 3.63) is 88.1 Å². The molecule has 0 aliphatic carbocycles. The van der Waals surface area contributed by atoms with Crippen molar-refractivity contribution in [3.8, 4) is 6.07 Å². The van der Waals surface area contributed by atoms with E-state index in [2.05, 4.69) is 15.8 Å². The number of nitrogen functional groups attached to an aromatic ring is 1. The molecule has 1 atom stereocenters. The fraction of sp³-hybridized carbons (Fsp3) is 0.200. The molecule has 9 heteroatoms. The molecule has 0 saturated heterocycles. The molecule has 0 amide bonds. The molecule has 174 valence electrons. The standard InChI is InChI=1S/C25H25N5O3S/c1-15-7-8-21-19(9-15)12-22(25(31)29-34(32,33)24-6-4-5-23(27)28-24)30(21)14-20-16(2)10-18(13-26)11-17(20)3/h4-12,25,29,31H,14H2,1-3H3,(H2,27,28). The lowest BCUT2D eigenvalue weighted by Gasteiger charge is -2.19. The predicted octanol–water partition coefficient (Wildman–Crippen LogP) is 3.43. The lowest BCUT2D eigenvalue weighted by atomic mass is 9.99. The summed E-state index contributed by atoms with van der Waals surface area (Å²) < 4.78 is 29.9. The summed E-state index contributed by atoms with van der Waals surface area (Å²) in [5.41, 5.74) is 11.4. The number of aliphatic hydroxyl groups is 1. The van der Waals surface area contributed by atoms with Crippen LogP contribution < -0.4 is 10.5 Å². The molecule has 0 aliphatic rings. The lowest BCUT2D eigenvalue weighted by molar-refractivity contribution is 0.158. The van der Waals surface area contributed by atoms with Crippen molar-refractivity contribution in [1.29, 1.82) is 5.26 Å². The summed E-state index contributed by atoms with van der Waals surface area (Å²) in [4.78, 5) is 3.86. The molecule has 4 N–H and O–H groups in total. The highest BCUT2D eigenvalue weighted by molar-refractivity contribution is 7.89. The highest BCUT2D eigenvalue weighted by Crippen LogP contribution is 2.28. The smallest absolute Gasteiger partial charge is 0.260 e. The van der Waals surface area contributed by atoms with E-state index in [9.17, 15) is 18.8 Å². The Bertz CT molecular complexity index is 1530. The Morgan fingerprint density at radius 1 is 1.12 bits per heavy atom. The van der Waals surface area contributed by atoms with Crippen LogP contribution in [0.1, 0.15) is 39.7 Å². The molecule has 0 fully saturated rings. The average molecular weight is 476 g/mol. The van der Waals surface area contributed by atoms with Crippen molar-refractivity contribution in [3.63, 3.8) is 0 Å². The van der Waals surface area contributed by atoms with Gasteiger partial charge < -0.3 is 15.4 Å². The molecule has 0 bridgehead atoms. The summed E-state index contributed by atoms with van der Waals surface area (Å²) in [6.45, 7) is 6.23. The van der Waals surface area contributed by atoms with Gasteiger partial charge in [-0.05, 0) is 79.9 Å². The fourth-order valence-corrected chi connectivity index (χ4v) is 5.15. The molecular formula is C25H25N5O3S. The van der Waals surface area contributed by atoms with Crippen molar-refractivity contribution < 1.29 is 13.5 Å². The number of nitrogens with one attached hydrogen (secondary N) is 1. The number of pyridine rings is 1. The molecule has 0 spiro atoms. The van der Waals surface area contributed by atoms with Crippen LogP contribution in [-0.2, 0) is 16.6 Å². The lowest BCUT2D eigenvalue weighted by Crippen LogP contribution is -2.30. The summed E-state index contributed by atoms with van der Waals surface area (Å²) in [7, 11) is -4.13. The molecule has 0 saturated carbocycles. The van der Waals surface area contributed by atoms with Gasteiger partial charge in [-0.15, -0.1) is 0 Å². The van der Waals surface area contributed by atoms with E-state index in [1.165, 1.54) is 18.2 Å². The first-order valence-electron chi connectivity index (χ1n) is 10.6. The van der Waals surface area contributed by atoms with E-state index in [-0.39, 0.29) is 10.8 Å². The molecule has 0 aliphatic heterocycles. The summed E-state index contributed by atoms with van der Waals surface area (Å²) in [5, 5.41) is 20.9. The number of aryl methyl sites for hydroxylation is 3. The molecule has 0 radical (unpaired) electrons. The Kier molecular flexibility index (Phi) is 6.15. The molecule has 1 unspecified atom stereocenters. The van der Waals surface area contributed by atoms with Crippen molar-refractivity contribution in [1.82, 2.24) is 14.3 Å². The first kappa shape index (κ1) is 23.4. The number of hydrogen-bond donors (Lipinski definition) is 3. The second-order valence-electron chi connectivity index (χ2n) is 8.34. The minimum Gasteiger partial charge on any atom is -0.384 e. The Morgan fingerprint density at radius 3 is 2.47 bits per heavy atom. The number of nitrogens with zero attached hydrogens (tertiary/aromatic N) is 3. The SMILES string of the molecule is Cc1ccc2c(c1)cc(C(O)NS(=O)(=O)c1cccc(N)n1)n2Cc1c(C)cc(C#N)cc1C. The van der Waals surface area contributed by atoms with Gasteiger partial charge in [-0.3, -0.25) is 0 Å². The second kappa shape index (κ2) is 8.91. The molecule has 8 nitrogen and oxygen atoms in total. The van der Waals surface area contributed by atoms with E-state index in [0.29, 0.717) is 17.8 Å². The molecule has 34 heavy (non-hydrogen) atoms. The number of nitriles is 1. The van der Waals surface area contributed by atoms with Crippen LogP contribution in [0.15, 0.2) is 59.6 Å². The topological polar surface area (TPSA) is 134 Å². The normalized spacial score (nSPS) is 12.6. The van der Waals surface area contributed by atoms with Crippen LogP contribution in [0.3, 0.4) is 0 Å². The maximum atomic E-state index is 12.9. The first-order chi connectivity index (χ1) is 16.1. The monoisotopic (exact) mass is 475 g/mol. The largest absolute Gasteiger partial charge is 0.384 e. The van der Waals surface area contributed by atoms with E-state index >= 15 is 0 Å². The number of aliphatic hydroxyl groups excluding tert-OH is 1. The van der Waals surface area contributed by atoms with E-state index < -0.39 is 16.3 Å². The Morgan fingerprint density at radius 2 is 1.82 bits per heavy atom. The van der Waals surface area contributed by atoms with Gasteiger partial charge in [0, 0.05) is 17.4 Å². The van der Waals surface area contributed by atoms with Crippen molar-refractivity contribution in [2.75, 3.05) is 5.73 Å². The predicted molar refractivity (Wildman–Crippen MR) is 130 cm³/mol. The number of benzene rings is 2. The summed E-state index contributed by atoms with van der Waals surface area (Å²) >= 11 is 0. The second-order valence-corrected chi connectivity index (χ2v) is 10.0. The third-order valence-corrected chi connectivity index (χ3v) is 7.11. The van der Waals surface area contributed by atoms with E-state index in [1.54, 1.807) is 6.07 Å². The van der Waals surface area contributed by atoms with Crippen molar-refractivity contribution in [2.24, 2.45) is 0 Å². The molecule has 2 aromatic heterocycles. The van der Waals surface area contributed by atoms with Crippen LogP contribution in [0.5, 0.6) is 0 Å². The maximum Gasteiger partial charge on any atom is 0.260 e. The van der Waals surface area contributed by atoms with Gasteiger partial charge >= 0.3 is 0 Å². The minimum absolute atomic E-state index is 0.0636. The number of hydrogen-bond acceptors (Lipinski definition) is 6. The number of fused-ring (bicyclic) bond motifs is 1. The first-order valence-corrected chi connectivity index (χ1v) is 12.1. The van der Waals surface area contributed by atoms with Gasteiger partial charge in [0.1, 0.15) is 5.82 Å². The number of rotatable bonds is 6. The number of anilines is 1. The summed E-state index contributed by atoms with van der Waals surface area (Å²) in [6.07, 6.45) is -1.53. The highest BCUT2D eigenvalue weighted by atomic mass is 32.2. The van der Waals surface area contributed by atoms with Gasteiger partial charge in [-0.25, -0.2) is 13.4 Å². The molecule has 4 aromatic rings. The molecule has 2 aromatic carbocycles. The van der Waals surface area contributed by atoms with Gasteiger partial charge in [0.25, 0.3) is 10.0 Å². The fourth-order valence-electron chi connectivity index (χ4n) is 4.13. The maximum absolute atomic E-state index is 12.9. The Labute approximate surface area is 198 Å². The zero-order valence-corrected chi connectivity index (χ0v) is 19.9. The van der Waals surface area contributed by atoms with Crippen LogP contribution >= 0.6 is 0 Å².